The number of hydrogen-bond acceptors (Lipinski definition) is 3. The summed E-state index contributed by atoms with van der Waals surface area (Å²) >= 11 is 1.89. The molecule has 1 aliphatic carbocycles. The van der Waals surface area contributed by atoms with Crippen molar-refractivity contribution in [1.82, 2.24) is 5.32 Å². The van der Waals surface area contributed by atoms with Gasteiger partial charge in [-0.25, -0.2) is 0 Å². The molecule has 0 atom stereocenters. The largest absolute Gasteiger partial charge is 0.356 e. The third kappa shape index (κ3) is 6.10. The van der Waals surface area contributed by atoms with E-state index in [0.29, 0.717) is 5.92 Å². The molecule has 18 heavy (non-hydrogen) atoms. The molecule has 0 radical (unpaired) electrons. The standard InChI is InChI=1S/C14H28N2OS/c1-18-10-4-2-3-9-16-14(17)13-7-5-12(11-15)6-8-13/h12-13H,2-11,15H2,1H3,(H,16,17). The van der Waals surface area contributed by atoms with Crippen LogP contribution in [0.25, 0.3) is 0 Å². The maximum atomic E-state index is 11.9. The molecular formula is C14H28N2OS. The molecule has 4 heteroatoms. The quantitative estimate of drug-likeness (QED) is 0.667. The van der Waals surface area contributed by atoms with Crippen LogP contribution in [0.4, 0.5) is 0 Å². The van der Waals surface area contributed by atoms with Gasteiger partial charge in [-0.15, -0.1) is 0 Å². The lowest BCUT2D eigenvalue weighted by atomic mass is 9.81. The highest BCUT2D eigenvalue weighted by molar-refractivity contribution is 7.98. The number of carbonyl (C=O) groups is 1. The molecule has 0 aromatic heterocycles. The lowest BCUT2D eigenvalue weighted by molar-refractivity contribution is -0.126. The van der Waals surface area contributed by atoms with Crippen LogP contribution in [0.1, 0.15) is 44.9 Å². The first-order valence-electron chi connectivity index (χ1n) is 7.24. The summed E-state index contributed by atoms with van der Waals surface area (Å²) in [6.07, 6.45) is 10.1. The van der Waals surface area contributed by atoms with Gasteiger partial charge in [-0.2, -0.15) is 11.8 Å². The first kappa shape index (κ1) is 15.8. The molecule has 0 aromatic carbocycles. The number of unbranched alkanes of at least 4 members (excludes halogenated alkanes) is 2. The van der Waals surface area contributed by atoms with E-state index in [-0.39, 0.29) is 11.8 Å². The van der Waals surface area contributed by atoms with Crippen molar-refractivity contribution in [2.24, 2.45) is 17.6 Å². The zero-order chi connectivity index (χ0) is 13.2. The third-order valence-corrected chi connectivity index (χ3v) is 4.57. The summed E-state index contributed by atoms with van der Waals surface area (Å²) in [6.45, 7) is 1.63. The smallest absolute Gasteiger partial charge is 0.223 e. The topological polar surface area (TPSA) is 55.1 Å². The molecule has 0 heterocycles. The first-order valence-corrected chi connectivity index (χ1v) is 8.64. The number of hydrogen-bond donors (Lipinski definition) is 2. The fourth-order valence-electron chi connectivity index (χ4n) is 2.56. The highest BCUT2D eigenvalue weighted by Gasteiger charge is 2.25. The van der Waals surface area contributed by atoms with Crippen LogP contribution < -0.4 is 11.1 Å². The van der Waals surface area contributed by atoms with Gasteiger partial charge in [0.1, 0.15) is 0 Å². The normalized spacial score (nSPS) is 23.9. The average molecular weight is 272 g/mol. The predicted octanol–water partition coefficient (Wildman–Crippen LogP) is 2.40. The van der Waals surface area contributed by atoms with Crippen LogP contribution in [-0.4, -0.2) is 31.0 Å². The minimum Gasteiger partial charge on any atom is -0.356 e. The zero-order valence-corrected chi connectivity index (χ0v) is 12.4. The van der Waals surface area contributed by atoms with E-state index in [2.05, 4.69) is 11.6 Å². The number of carbonyl (C=O) groups excluding carboxylic acids is 1. The van der Waals surface area contributed by atoms with Crippen molar-refractivity contribution >= 4 is 17.7 Å². The van der Waals surface area contributed by atoms with Gasteiger partial charge < -0.3 is 11.1 Å². The van der Waals surface area contributed by atoms with Crippen LogP contribution in [0.3, 0.4) is 0 Å². The molecule has 0 aromatic rings. The van der Waals surface area contributed by atoms with Crippen molar-refractivity contribution in [2.75, 3.05) is 25.1 Å². The number of rotatable bonds is 8. The minimum atomic E-state index is 0.249. The van der Waals surface area contributed by atoms with Crippen molar-refractivity contribution in [3.63, 3.8) is 0 Å². The third-order valence-electron chi connectivity index (χ3n) is 3.88. The van der Waals surface area contributed by atoms with Gasteiger partial charge >= 0.3 is 0 Å². The lowest BCUT2D eigenvalue weighted by Crippen LogP contribution is -2.34. The Labute approximate surface area is 116 Å². The van der Waals surface area contributed by atoms with Gasteiger partial charge in [-0.1, -0.05) is 6.42 Å². The zero-order valence-electron chi connectivity index (χ0n) is 11.6. The van der Waals surface area contributed by atoms with E-state index in [1.807, 2.05) is 11.8 Å². The molecule has 1 amide bonds. The Morgan fingerprint density at radius 1 is 1.22 bits per heavy atom. The summed E-state index contributed by atoms with van der Waals surface area (Å²) in [5.74, 6) is 2.41. The predicted molar refractivity (Wildman–Crippen MR) is 79.7 cm³/mol. The molecule has 1 rings (SSSR count). The van der Waals surface area contributed by atoms with Crippen LogP contribution in [-0.2, 0) is 4.79 Å². The molecule has 0 unspecified atom stereocenters. The molecule has 1 fully saturated rings. The second-order valence-corrected chi connectivity index (χ2v) is 6.28. The van der Waals surface area contributed by atoms with Gasteiger partial charge in [0.15, 0.2) is 0 Å². The molecule has 106 valence electrons. The Bertz CT molecular complexity index is 228. The van der Waals surface area contributed by atoms with Gasteiger partial charge in [0, 0.05) is 12.5 Å². The van der Waals surface area contributed by atoms with Gasteiger partial charge in [-0.3, -0.25) is 4.79 Å². The first-order chi connectivity index (χ1) is 8.77. The van der Waals surface area contributed by atoms with Crippen LogP contribution >= 0.6 is 11.8 Å². The van der Waals surface area contributed by atoms with Crippen LogP contribution in [0.2, 0.25) is 0 Å². The van der Waals surface area contributed by atoms with Crippen molar-refractivity contribution in [2.45, 2.75) is 44.9 Å². The van der Waals surface area contributed by atoms with E-state index in [1.54, 1.807) is 0 Å². The van der Waals surface area contributed by atoms with Gasteiger partial charge in [0.05, 0.1) is 0 Å². The highest BCUT2D eigenvalue weighted by Crippen LogP contribution is 2.28. The Kier molecular flexibility index (Phi) is 8.51. The highest BCUT2D eigenvalue weighted by atomic mass is 32.2. The lowest BCUT2D eigenvalue weighted by Gasteiger charge is -2.26. The molecule has 0 saturated heterocycles. The van der Waals surface area contributed by atoms with E-state index < -0.39 is 0 Å². The summed E-state index contributed by atoms with van der Waals surface area (Å²) in [5, 5.41) is 3.09. The van der Waals surface area contributed by atoms with Crippen molar-refractivity contribution in [3.05, 3.63) is 0 Å². The number of nitrogens with one attached hydrogen (secondary N) is 1. The summed E-state index contributed by atoms with van der Waals surface area (Å²) in [5.41, 5.74) is 5.66. The monoisotopic (exact) mass is 272 g/mol. The molecule has 0 bridgehead atoms. The van der Waals surface area contributed by atoms with Crippen molar-refractivity contribution in [1.29, 1.82) is 0 Å². The average Bonchev–Trinajstić information content (AvgIpc) is 2.42. The molecule has 3 N–H and O–H groups in total. The molecule has 0 spiro atoms. The number of amides is 1. The minimum absolute atomic E-state index is 0.249. The number of thioether (sulfide) groups is 1. The van der Waals surface area contributed by atoms with Gasteiger partial charge in [0.25, 0.3) is 0 Å². The second-order valence-electron chi connectivity index (χ2n) is 5.30. The van der Waals surface area contributed by atoms with Gasteiger partial charge in [-0.05, 0) is 63.0 Å². The summed E-state index contributed by atoms with van der Waals surface area (Å²) in [4.78, 5) is 11.9. The number of nitrogens with two attached hydrogens (primary N) is 1. The molecule has 0 aliphatic heterocycles. The SMILES string of the molecule is CSCCCCCNC(=O)C1CCC(CN)CC1. The van der Waals surface area contributed by atoms with Crippen LogP contribution in [0.5, 0.6) is 0 Å². The Hall–Kier alpha value is -0.220. The Morgan fingerprint density at radius 3 is 2.56 bits per heavy atom. The Balaban J connectivity index is 2.03. The van der Waals surface area contributed by atoms with E-state index >= 15 is 0 Å². The van der Waals surface area contributed by atoms with Gasteiger partial charge in [0.2, 0.25) is 5.91 Å². The van der Waals surface area contributed by atoms with E-state index in [9.17, 15) is 4.79 Å². The van der Waals surface area contributed by atoms with Crippen molar-refractivity contribution < 1.29 is 4.79 Å². The van der Waals surface area contributed by atoms with Crippen molar-refractivity contribution in [3.8, 4) is 0 Å². The van der Waals surface area contributed by atoms with Crippen LogP contribution in [0.15, 0.2) is 0 Å². The van der Waals surface area contributed by atoms with E-state index in [0.717, 1.165) is 45.2 Å². The molecule has 1 aliphatic rings. The fourth-order valence-corrected chi connectivity index (χ4v) is 3.06. The van der Waals surface area contributed by atoms with Crippen LogP contribution in [0, 0.1) is 11.8 Å². The van der Waals surface area contributed by atoms with E-state index in [1.165, 1.54) is 18.6 Å². The molecule has 1 saturated carbocycles. The Morgan fingerprint density at radius 2 is 1.94 bits per heavy atom. The summed E-state index contributed by atoms with van der Waals surface area (Å²) in [6, 6.07) is 0. The maximum absolute atomic E-state index is 11.9. The maximum Gasteiger partial charge on any atom is 0.223 e. The summed E-state index contributed by atoms with van der Waals surface area (Å²) in [7, 11) is 0. The molecular weight excluding hydrogens is 244 g/mol. The molecule has 3 nitrogen and oxygen atoms in total. The fraction of sp³-hybridized carbons (Fsp3) is 0.929. The van der Waals surface area contributed by atoms with E-state index in [4.69, 9.17) is 5.73 Å². The summed E-state index contributed by atoms with van der Waals surface area (Å²) < 4.78 is 0. The second kappa shape index (κ2) is 9.68.